The Bertz CT molecular complexity index is 1140. The molecule has 7 nitrogen and oxygen atoms in total. The number of unbranched alkanes of at least 4 members (excludes halogenated alkanes) is 1. The first-order chi connectivity index (χ1) is 17.2. The number of hydrogen-bond donors (Lipinski definition) is 1. The predicted octanol–water partition coefficient (Wildman–Crippen LogP) is 5.05. The molecule has 2 bridgehead atoms. The van der Waals surface area contributed by atoms with E-state index in [1.807, 2.05) is 24.8 Å². The standard InChI is InChI=1S/C26H30F3N3O4/c1-5-6-12-31-15-20(23(33)30-16(2)17-10-11-21(34-3)22(13-17)35-4)24-32(25(31)36-24)19-9-7-8-18(14-19)26(27,28)29/h7-11,13-16,24-25H,5-6,12H2,1-4H3,(H,30,33). The molecule has 5 rings (SSSR count). The summed E-state index contributed by atoms with van der Waals surface area (Å²) in [5.74, 6) is 0.755. The summed E-state index contributed by atoms with van der Waals surface area (Å²) < 4.78 is 56.6. The van der Waals surface area contributed by atoms with E-state index in [9.17, 15) is 18.0 Å². The smallest absolute Gasteiger partial charge is 0.416 e. The van der Waals surface area contributed by atoms with Gasteiger partial charge in [0, 0.05) is 18.4 Å². The van der Waals surface area contributed by atoms with Crippen LogP contribution in [0.3, 0.4) is 0 Å². The van der Waals surface area contributed by atoms with Gasteiger partial charge in [-0.15, -0.1) is 0 Å². The fraction of sp³-hybridized carbons (Fsp3) is 0.423. The number of alkyl halides is 3. The molecule has 3 aliphatic rings. The first kappa shape index (κ1) is 25.7. The lowest BCUT2D eigenvalue weighted by Crippen LogP contribution is -2.70. The van der Waals surface area contributed by atoms with Crippen molar-refractivity contribution < 1.29 is 32.2 Å². The van der Waals surface area contributed by atoms with Crippen molar-refractivity contribution in [1.82, 2.24) is 10.2 Å². The lowest BCUT2D eigenvalue weighted by molar-refractivity contribution is -0.181. The van der Waals surface area contributed by atoms with Gasteiger partial charge in [-0.2, -0.15) is 13.2 Å². The normalized spacial score (nSPS) is 19.8. The van der Waals surface area contributed by atoms with Crippen LogP contribution in [0.15, 0.2) is 54.2 Å². The molecule has 1 amide bonds. The fourth-order valence-corrected chi connectivity index (χ4v) is 4.35. The molecule has 0 spiro atoms. The summed E-state index contributed by atoms with van der Waals surface area (Å²) in [6.07, 6.45) is -2.30. The Morgan fingerprint density at radius 3 is 2.56 bits per heavy atom. The van der Waals surface area contributed by atoms with Crippen LogP contribution < -0.4 is 19.7 Å². The molecule has 194 valence electrons. The summed E-state index contributed by atoms with van der Waals surface area (Å²) in [4.78, 5) is 16.9. The van der Waals surface area contributed by atoms with Gasteiger partial charge in [0.2, 0.25) is 6.35 Å². The Kier molecular flexibility index (Phi) is 7.35. The van der Waals surface area contributed by atoms with Crippen molar-refractivity contribution in [1.29, 1.82) is 0 Å². The van der Waals surface area contributed by atoms with Crippen LogP contribution in [-0.2, 0) is 15.7 Å². The second-order valence-corrected chi connectivity index (χ2v) is 8.76. The molecule has 0 saturated carbocycles. The molecule has 2 aromatic carbocycles. The molecular formula is C26H30F3N3O4. The van der Waals surface area contributed by atoms with Gasteiger partial charge in [-0.25, -0.2) is 0 Å². The number of hydrogen-bond acceptors (Lipinski definition) is 6. The summed E-state index contributed by atoms with van der Waals surface area (Å²) in [5, 5.41) is 2.98. The van der Waals surface area contributed by atoms with E-state index in [1.54, 1.807) is 36.4 Å². The molecule has 0 aromatic heterocycles. The number of rotatable bonds is 9. The van der Waals surface area contributed by atoms with Crippen LogP contribution in [0.25, 0.3) is 0 Å². The van der Waals surface area contributed by atoms with Gasteiger partial charge in [0.15, 0.2) is 17.7 Å². The molecule has 3 aliphatic heterocycles. The Hall–Kier alpha value is -3.40. The van der Waals surface area contributed by atoms with Crippen LogP contribution in [0.2, 0.25) is 0 Å². The lowest BCUT2D eigenvalue weighted by atomic mass is 10.0. The Balaban J connectivity index is 1.58. The highest BCUT2D eigenvalue weighted by molar-refractivity contribution is 5.96. The number of anilines is 1. The minimum absolute atomic E-state index is 0.332. The van der Waals surface area contributed by atoms with Crippen LogP contribution in [0, 0.1) is 0 Å². The molecule has 10 heteroatoms. The second kappa shape index (κ2) is 10.3. The molecule has 2 aromatic rings. The van der Waals surface area contributed by atoms with Gasteiger partial charge in [0.05, 0.1) is 31.4 Å². The van der Waals surface area contributed by atoms with Crippen molar-refractivity contribution >= 4 is 11.6 Å². The van der Waals surface area contributed by atoms with E-state index >= 15 is 0 Å². The third kappa shape index (κ3) is 4.95. The van der Waals surface area contributed by atoms with E-state index in [0.29, 0.717) is 29.3 Å². The summed E-state index contributed by atoms with van der Waals surface area (Å²) in [6, 6.07) is 10.1. The van der Waals surface area contributed by atoms with E-state index in [0.717, 1.165) is 30.5 Å². The van der Waals surface area contributed by atoms with Crippen LogP contribution in [-0.4, -0.2) is 44.2 Å². The van der Waals surface area contributed by atoms with E-state index in [-0.39, 0.29) is 11.9 Å². The van der Waals surface area contributed by atoms with Crippen molar-refractivity contribution in [3.63, 3.8) is 0 Å². The summed E-state index contributed by atoms with van der Waals surface area (Å²) in [7, 11) is 3.08. The van der Waals surface area contributed by atoms with E-state index < -0.39 is 24.3 Å². The first-order valence-electron chi connectivity index (χ1n) is 11.8. The highest BCUT2D eigenvalue weighted by atomic mass is 19.4. The van der Waals surface area contributed by atoms with Crippen molar-refractivity contribution in [3.05, 3.63) is 65.4 Å². The average Bonchev–Trinajstić information content (AvgIpc) is 2.86. The van der Waals surface area contributed by atoms with Gasteiger partial charge >= 0.3 is 6.18 Å². The molecule has 0 aliphatic carbocycles. The maximum absolute atomic E-state index is 13.4. The Morgan fingerprint density at radius 2 is 1.89 bits per heavy atom. The Labute approximate surface area is 208 Å². The molecule has 1 fully saturated rings. The van der Waals surface area contributed by atoms with Crippen LogP contribution >= 0.6 is 0 Å². The minimum Gasteiger partial charge on any atom is -0.493 e. The first-order valence-corrected chi connectivity index (χ1v) is 11.8. The van der Waals surface area contributed by atoms with Gasteiger partial charge in [-0.1, -0.05) is 25.5 Å². The maximum Gasteiger partial charge on any atom is 0.416 e. The van der Waals surface area contributed by atoms with Crippen molar-refractivity contribution in [3.8, 4) is 11.5 Å². The van der Waals surface area contributed by atoms with E-state index in [2.05, 4.69) is 5.32 Å². The molecule has 0 radical (unpaired) electrons. The second-order valence-electron chi connectivity index (χ2n) is 8.76. The average molecular weight is 506 g/mol. The topological polar surface area (TPSA) is 63.3 Å². The largest absolute Gasteiger partial charge is 0.493 e. The Morgan fingerprint density at radius 1 is 1.14 bits per heavy atom. The van der Waals surface area contributed by atoms with Crippen LogP contribution in [0.1, 0.15) is 43.9 Å². The molecule has 3 atom stereocenters. The third-order valence-corrected chi connectivity index (χ3v) is 6.35. The highest BCUT2D eigenvalue weighted by Gasteiger charge is 2.50. The molecule has 1 N–H and O–H groups in total. The predicted molar refractivity (Wildman–Crippen MR) is 128 cm³/mol. The van der Waals surface area contributed by atoms with Crippen LogP contribution in [0.4, 0.5) is 18.9 Å². The number of nitrogens with zero attached hydrogens (tertiary/aromatic N) is 2. The summed E-state index contributed by atoms with van der Waals surface area (Å²) >= 11 is 0. The molecule has 1 saturated heterocycles. The minimum atomic E-state index is -4.47. The fourth-order valence-electron chi connectivity index (χ4n) is 4.35. The van der Waals surface area contributed by atoms with E-state index in [4.69, 9.17) is 14.2 Å². The molecule has 36 heavy (non-hydrogen) atoms. The number of amides is 1. The van der Waals surface area contributed by atoms with E-state index in [1.165, 1.54) is 13.2 Å². The van der Waals surface area contributed by atoms with Crippen molar-refractivity contribution in [2.45, 2.75) is 51.5 Å². The zero-order chi connectivity index (χ0) is 26.0. The quantitative estimate of drug-likeness (QED) is 0.515. The third-order valence-electron chi connectivity index (χ3n) is 6.35. The number of fused-ring (bicyclic) bond motifs is 1. The number of benzene rings is 2. The number of ether oxygens (including phenoxy) is 3. The monoisotopic (exact) mass is 505 g/mol. The van der Waals surface area contributed by atoms with Crippen LogP contribution in [0.5, 0.6) is 11.5 Å². The number of carbonyl (C=O) groups is 1. The van der Waals surface area contributed by atoms with Gasteiger partial charge in [0.1, 0.15) is 0 Å². The van der Waals surface area contributed by atoms with Gasteiger partial charge in [-0.3, -0.25) is 9.69 Å². The number of carbonyl (C=O) groups excluding carboxylic acids is 1. The SMILES string of the molecule is CCCCN1C=C(C(=O)NC(C)c2ccc(OC)c(OC)c2)C2OC1N2c1cccc(C(F)(F)F)c1. The maximum atomic E-state index is 13.4. The molecule has 3 heterocycles. The zero-order valence-electron chi connectivity index (χ0n) is 20.6. The molecular weight excluding hydrogens is 475 g/mol. The lowest BCUT2D eigenvalue weighted by Gasteiger charge is -2.57. The summed E-state index contributed by atoms with van der Waals surface area (Å²) in [5.41, 5.74) is 0.738. The van der Waals surface area contributed by atoms with Gasteiger partial charge < -0.3 is 24.4 Å². The highest BCUT2D eigenvalue weighted by Crippen LogP contribution is 2.42. The zero-order valence-corrected chi connectivity index (χ0v) is 20.6. The van der Waals surface area contributed by atoms with Gasteiger partial charge in [-0.05, 0) is 49.2 Å². The molecule has 3 unspecified atom stereocenters. The number of nitrogens with one attached hydrogen (secondary N) is 1. The number of halogens is 3. The van der Waals surface area contributed by atoms with Crippen molar-refractivity contribution in [2.24, 2.45) is 0 Å². The van der Waals surface area contributed by atoms with Gasteiger partial charge in [0.25, 0.3) is 5.91 Å². The summed E-state index contributed by atoms with van der Waals surface area (Å²) in [6.45, 7) is 4.48. The number of methoxy groups -OCH3 is 2. The van der Waals surface area contributed by atoms with Crippen molar-refractivity contribution in [2.75, 3.05) is 25.7 Å².